The highest BCUT2D eigenvalue weighted by Gasteiger charge is 2.07. The molecular formula is C16H33NO3. The molecule has 1 atom stereocenters. The van der Waals surface area contributed by atoms with Crippen LogP contribution in [-0.2, 0) is 14.2 Å². The third kappa shape index (κ3) is 13.8. The number of methoxy groups -OCH3 is 1. The molecule has 1 unspecified atom stereocenters. The van der Waals surface area contributed by atoms with E-state index in [2.05, 4.69) is 6.92 Å². The van der Waals surface area contributed by atoms with Gasteiger partial charge in [0.05, 0.1) is 6.10 Å². The number of hydrogen-bond acceptors (Lipinski definition) is 4. The summed E-state index contributed by atoms with van der Waals surface area (Å²) in [7, 11) is 1.55. The molecule has 0 radical (unpaired) electrons. The van der Waals surface area contributed by atoms with Gasteiger partial charge in [-0.25, -0.2) is 0 Å². The standard InChI is InChI=1S/C16H33NO3/c1-4-5-6-7-8-9-10-11-12-19-15(2)13-16(17)20-14-18-3/h15,17H,4-14H2,1-3H3. The Morgan fingerprint density at radius 2 is 1.60 bits per heavy atom. The number of unbranched alkanes of at least 4 members (excludes halogenated alkanes) is 7. The predicted molar refractivity (Wildman–Crippen MR) is 83.3 cm³/mol. The molecular weight excluding hydrogens is 254 g/mol. The molecule has 0 aromatic heterocycles. The van der Waals surface area contributed by atoms with Gasteiger partial charge in [-0.3, -0.25) is 5.41 Å². The molecule has 4 nitrogen and oxygen atoms in total. The van der Waals surface area contributed by atoms with Crippen LogP contribution in [0.2, 0.25) is 0 Å². The quantitative estimate of drug-likeness (QED) is 0.221. The van der Waals surface area contributed by atoms with Crippen LogP contribution in [-0.4, -0.2) is 32.5 Å². The van der Waals surface area contributed by atoms with Crippen LogP contribution in [0.4, 0.5) is 0 Å². The van der Waals surface area contributed by atoms with E-state index in [1.165, 1.54) is 44.9 Å². The van der Waals surface area contributed by atoms with Crippen LogP contribution in [0.15, 0.2) is 0 Å². The molecule has 0 aromatic rings. The fourth-order valence-corrected chi connectivity index (χ4v) is 2.03. The number of nitrogens with one attached hydrogen (secondary N) is 1. The van der Waals surface area contributed by atoms with E-state index in [1.54, 1.807) is 7.11 Å². The van der Waals surface area contributed by atoms with E-state index in [-0.39, 0.29) is 18.8 Å². The molecule has 0 aliphatic heterocycles. The Morgan fingerprint density at radius 3 is 2.20 bits per heavy atom. The van der Waals surface area contributed by atoms with Crippen molar-refractivity contribution in [1.82, 2.24) is 0 Å². The maximum absolute atomic E-state index is 7.57. The highest BCUT2D eigenvalue weighted by atomic mass is 16.7. The number of hydrogen-bond donors (Lipinski definition) is 1. The van der Waals surface area contributed by atoms with E-state index in [0.717, 1.165) is 13.0 Å². The van der Waals surface area contributed by atoms with Gasteiger partial charge in [0.1, 0.15) is 0 Å². The Balaban J connectivity index is 3.26. The molecule has 0 rings (SSSR count). The second-order valence-corrected chi connectivity index (χ2v) is 5.33. The Kier molecular flexibility index (Phi) is 14.3. The lowest BCUT2D eigenvalue weighted by molar-refractivity contribution is 0.0283. The monoisotopic (exact) mass is 287 g/mol. The van der Waals surface area contributed by atoms with E-state index in [4.69, 9.17) is 19.6 Å². The minimum absolute atomic E-state index is 0.0453. The van der Waals surface area contributed by atoms with E-state index in [1.807, 2.05) is 6.92 Å². The van der Waals surface area contributed by atoms with Crippen LogP contribution < -0.4 is 0 Å². The van der Waals surface area contributed by atoms with Crippen molar-refractivity contribution in [2.45, 2.75) is 77.7 Å². The Hall–Kier alpha value is -0.610. The lowest BCUT2D eigenvalue weighted by atomic mass is 10.1. The van der Waals surface area contributed by atoms with Gasteiger partial charge in [0.25, 0.3) is 0 Å². The van der Waals surface area contributed by atoms with Crippen LogP contribution in [0.1, 0.15) is 71.6 Å². The van der Waals surface area contributed by atoms with Gasteiger partial charge in [-0.1, -0.05) is 51.9 Å². The second kappa shape index (κ2) is 14.8. The molecule has 0 heterocycles. The van der Waals surface area contributed by atoms with Gasteiger partial charge in [0.15, 0.2) is 12.7 Å². The average Bonchev–Trinajstić information content (AvgIpc) is 2.43. The van der Waals surface area contributed by atoms with Gasteiger partial charge in [0, 0.05) is 20.1 Å². The van der Waals surface area contributed by atoms with E-state index < -0.39 is 0 Å². The van der Waals surface area contributed by atoms with Gasteiger partial charge in [-0.15, -0.1) is 0 Å². The maximum atomic E-state index is 7.57. The first-order valence-corrected chi connectivity index (χ1v) is 8.01. The van der Waals surface area contributed by atoms with Crippen molar-refractivity contribution in [1.29, 1.82) is 5.41 Å². The summed E-state index contributed by atoms with van der Waals surface area (Å²) in [5.74, 6) is 0.232. The molecule has 4 heteroatoms. The molecule has 0 amide bonds. The molecule has 0 aromatic carbocycles. The topological polar surface area (TPSA) is 51.5 Å². The maximum Gasteiger partial charge on any atom is 0.190 e. The first kappa shape index (κ1) is 19.4. The van der Waals surface area contributed by atoms with E-state index in [9.17, 15) is 0 Å². The first-order valence-electron chi connectivity index (χ1n) is 8.01. The summed E-state index contributed by atoms with van der Waals surface area (Å²) in [6, 6.07) is 0. The van der Waals surface area contributed by atoms with E-state index >= 15 is 0 Å². The van der Waals surface area contributed by atoms with Crippen LogP contribution in [0, 0.1) is 5.41 Å². The van der Waals surface area contributed by atoms with Crippen molar-refractivity contribution in [2.75, 3.05) is 20.5 Å². The summed E-state index contributed by atoms with van der Waals surface area (Å²) < 4.78 is 15.5. The van der Waals surface area contributed by atoms with Crippen molar-refractivity contribution in [3.8, 4) is 0 Å². The van der Waals surface area contributed by atoms with Gasteiger partial charge in [0.2, 0.25) is 0 Å². The van der Waals surface area contributed by atoms with E-state index in [0.29, 0.717) is 6.42 Å². The smallest absolute Gasteiger partial charge is 0.190 e. The molecule has 0 saturated heterocycles. The summed E-state index contributed by atoms with van der Waals surface area (Å²) in [4.78, 5) is 0. The lowest BCUT2D eigenvalue weighted by Gasteiger charge is -2.13. The van der Waals surface area contributed by atoms with Crippen LogP contribution in [0.3, 0.4) is 0 Å². The Bertz CT molecular complexity index is 222. The van der Waals surface area contributed by atoms with Crippen LogP contribution >= 0.6 is 0 Å². The van der Waals surface area contributed by atoms with Crippen molar-refractivity contribution < 1.29 is 14.2 Å². The van der Waals surface area contributed by atoms with Gasteiger partial charge >= 0.3 is 0 Å². The van der Waals surface area contributed by atoms with Crippen molar-refractivity contribution >= 4 is 5.90 Å². The summed E-state index contributed by atoms with van der Waals surface area (Å²) >= 11 is 0. The highest BCUT2D eigenvalue weighted by molar-refractivity contribution is 5.72. The number of ether oxygens (including phenoxy) is 3. The summed E-state index contributed by atoms with van der Waals surface area (Å²) in [5.41, 5.74) is 0. The molecule has 0 bridgehead atoms. The largest absolute Gasteiger partial charge is 0.455 e. The van der Waals surface area contributed by atoms with Gasteiger partial charge in [-0.05, 0) is 13.3 Å². The van der Waals surface area contributed by atoms with Gasteiger partial charge in [-0.2, -0.15) is 0 Å². The van der Waals surface area contributed by atoms with Crippen LogP contribution in [0.5, 0.6) is 0 Å². The molecule has 0 aliphatic carbocycles. The Labute approximate surface area is 124 Å². The first-order chi connectivity index (χ1) is 9.70. The summed E-state index contributed by atoms with van der Waals surface area (Å²) in [5, 5.41) is 7.57. The normalized spacial score (nSPS) is 12.3. The molecule has 0 spiro atoms. The Morgan fingerprint density at radius 1 is 1.00 bits per heavy atom. The molecule has 20 heavy (non-hydrogen) atoms. The van der Waals surface area contributed by atoms with Crippen molar-refractivity contribution in [2.24, 2.45) is 0 Å². The average molecular weight is 287 g/mol. The molecule has 0 aliphatic rings. The lowest BCUT2D eigenvalue weighted by Crippen LogP contribution is -2.17. The summed E-state index contributed by atoms with van der Waals surface area (Å²) in [6.07, 6.45) is 11.0. The summed E-state index contributed by atoms with van der Waals surface area (Å²) in [6.45, 7) is 5.16. The molecule has 0 saturated carbocycles. The minimum Gasteiger partial charge on any atom is -0.455 e. The highest BCUT2D eigenvalue weighted by Crippen LogP contribution is 2.09. The zero-order valence-electron chi connectivity index (χ0n) is 13.6. The second-order valence-electron chi connectivity index (χ2n) is 5.33. The fraction of sp³-hybridized carbons (Fsp3) is 0.938. The third-order valence-electron chi connectivity index (χ3n) is 3.22. The zero-order valence-corrected chi connectivity index (χ0v) is 13.6. The SMILES string of the molecule is CCCCCCCCCCOC(C)CC(=N)OCOC. The molecule has 1 N–H and O–H groups in total. The third-order valence-corrected chi connectivity index (χ3v) is 3.22. The zero-order chi connectivity index (χ0) is 15.1. The number of rotatable bonds is 14. The van der Waals surface area contributed by atoms with Crippen molar-refractivity contribution in [3.05, 3.63) is 0 Å². The van der Waals surface area contributed by atoms with Gasteiger partial charge < -0.3 is 14.2 Å². The predicted octanol–water partition coefficient (Wildman–Crippen LogP) is 4.52. The minimum atomic E-state index is 0.0453. The van der Waals surface area contributed by atoms with Crippen molar-refractivity contribution in [3.63, 3.8) is 0 Å². The van der Waals surface area contributed by atoms with Crippen LogP contribution in [0.25, 0.3) is 0 Å². The molecule has 0 fully saturated rings. The molecule has 120 valence electrons. The fourth-order valence-electron chi connectivity index (χ4n) is 2.03.